The number of fused-ring (bicyclic) bond motifs is 1. The number of nitrogens with zero attached hydrogens (tertiary/aromatic N) is 4. The SMILES string of the molecule is COc1ccc(C)c2sc(N(Cc3ccncc3)C(=O)C3CCN(S(=O)(=O)c4ccc(Cl)s4)CC3)nc12. The summed E-state index contributed by atoms with van der Waals surface area (Å²) in [6.07, 6.45) is 4.25. The van der Waals surface area contributed by atoms with Crippen molar-refractivity contribution in [3.63, 3.8) is 0 Å². The van der Waals surface area contributed by atoms with Gasteiger partial charge in [0.1, 0.15) is 15.5 Å². The number of thiophene rings is 1. The molecule has 0 saturated carbocycles. The van der Waals surface area contributed by atoms with Gasteiger partial charge in [0.25, 0.3) is 10.0 Å². The van der Waals surface area contributed by atoms with Gasteiger partial charge in [0.2, 0.25) is 5.91 Å². The third-order valence-electron chi connectivity index (χ3n) is 6.44. The molecule has 1 saturated heterocycles. The number of pyridine rings is 1. The van der Waals surface area contributed by atoms with E-state index in [1.807, 2.05) is 31.2 Å². The zero-order chi connectivity index (χ0) is 26.2. The standard InChI is InChI=1S/C25H25ClN4O4S3/c1-16-3-4-19(34-2)22-23(16)36-25(28-22)30(15-17-7-11-27-12-8-17)24(31)18-9-13-29(14-10-18)37(32,33)21-6-5-20(26)35-21/h3-8,11-12,18H,9-10,13-15H2,1-2H3. The summed E-state index contributed by atoms with van der Waals surface area (Å²) < 4.78 is 34.6. The minimum absolute atomic E-state index is 0.0660. The van der Waals surface area contributed by atoms with Crippen LogP contribution < -0.4 is 9.64 Å². The number of hydrogen-bond acceptors (Lipinski definition) is 8. The number of halogens is 1. The lowest BCUT2D eigenvalue weighted by molar-refractivity contribution is -0.123. The summed E-state index contributed by atoms with van der Waals surface area (Å²) in [7, 11) is -2.02. The Labute approximate surface area is 228 Å². The maximum atomic E-state index is 13.9. The molecule has 12 heteroatoms. The minimum Gasteiger partial charge on any atom is -0.494 e. The molecule has 0 unspecified atom stereocenters. The molecule has 0 spiro atoms. The van der Waals surface area contributed by atoms with Gasteiger partial charge in [-0.3, -0.25) is 14.7 Å². The Morgan fingerprint density at radius 2 is 1.86 bits per heavy atom. The highest BCUT2D eigenvalue weighted by atomic mass is 35.5. The molecule has 1 aromatic carbocycles. The van der Waals surface area contributed by atoms with Crippen LogP contribution in [0.5, 0.6) is 5.75 Å². The zero-order valence-corrected chi connectivity index (χ0v) is 23.5. The number of hydrogen-bond donors (Lipinski definition) is 0. The second-order valence-electron chi connectivity index (χ2n) is 8.78. The van der Waals surface area contributed by atoms with Crippen LogP contribution in [0.25, 0.3) is 10.2 Å². The van der Waals surface area contributed by atoms with Gasteiger partial charge in [-0.25, -0.2) is 13.4 Å². The molecule has 0 N–H and O–H groups in total. The lowest BCUT2D eigenvalue weighted by Gasteiger charge is -2.32. The average Bonchev–Trinajstić information content (AvgIpc) is 3.56. The van der Waals surface area contributed by atoms with Gasteiger partial charge >= 0.3 is 0 Å². The van der Waals surface area contributed by atoms with Crippen LogP contribution in [-0.4, -0.2) is 48.8 Å². The van der Waals surface area contributed by atoms with Crippen molar-refractivity contribution in [1.29, 1.82) is 0 Å². The Hall–Kier alpha value is -2.57. The van der Waals surface area contributed by atoms with Crippen LogP contribution in [0, 0.1) is 12.8 Å². The molecule has 1 amide bonds. The maximum absolute atomic E-state index is 13.9. The van der Waals surface area contributed by atoms with Gasteiger partial charge in [-0.2, -0.15) is 4.31 Å². The van der Waals surface area contributed by atoms with Crippen LogP contribution in [0.2, 0.25) is 4.34 Å². The van der Waals surface area contributed by atoms with E-state index in [-0.39, 0.29) is 29.1 Å². The van der Waals surface area contributed by atoms with Gasteiger partial charge in [0.15, 0.2) is 5.13 Å². The monoisotopic (exact) mass is 576 g/mol. The van der Waals surface area contributed by atoms with Crippen molar-refractivity contribution in [3.05, 3.63) is 64.3 Å². The van der Waals surface area contributed by atoms with E-state index in [0.29, 0.717) is 34.6 Å². The van der Waals surface area contributed by atoms with Crippen LogP contribution in [0.1, 0.15) is 24.0 Å². The summed E-state index contributed by atoms with van der Waals surface area (Å²) in [4.78, 5) is 24.5. The molecule has 5 rings (SSSR count). The highest BCUT2D eigenvalue weighted by Gasteiger charge is 2.35. The van der Waals surface area contributed by atoms with Crippen molar-refractivity contribution in [1.82, 2.24) is 14.3 Å². The van der Waals surface area contributed by atoms with Crippen molar-refractivity contribution < 1.29 is 17.9 Å². The molecular formula is C25H25ClN4O4S3. The van der Waals surface area contributed by atoms with Gasteiger partial charge < -0.3 is 4.74 Å². The molecule has 0 bridgehead atoms. The molecule has 4 aromatic rings. The van der Waals surface area contributed by atoms with Gasteiger partial charge in [0, 0.05) is 31.4 Å². The summed E-state index contributed by atoms with van der Waals surface area (Å²) in [5, 5.41) is 0.590. The molecule has 0 aliphatic carbocycles. The fourth-order valence-corrected chi connectivity index (χ4v) is 8.58. The number of rotatable bonds is 7. The summed E-state index contributed by atoms with van der Waals surface area (Å²) in [6, 6.07) is 10.7. The second kappa shape index (κ2) is 10.7. The summed E-state index contributed by atoms with van der Waals surface area (Å²) in [6.45, 7) is 2.89. The Balaban J connectivity index is 1.41. The van der Waals surface area contributed by atoms with E-state index in [1.165, 1.54) is 21.7 Å². The first kappa shape index (κ1) is 26.1. The van der Waals surface area contributed by atoms with Crippen molar-refractivity contribution in [2.45, 2.75) is 30.5 Å². The number of anilines is 1. The van der Waals surface area contributed by atoms with Crippen molar-refractivity contribution in [3.8, 4) is 5.75 Å². The van der Waals surface area contributed by atoms with Crippen molar-refractivity contribution in [2.75, 3.05) is 25.1 Å². The van der Waals surface area contributed by atoms with Crippen molar-refractivity contribution >= 4 is 65.6 Å². The number of ether oxygens (including phenoxy) is 1. The summed E-state index contributed by atoms with van der Waals surface area (Å²) >= 11 is 8.46. The first-order valence-corrected chi connectivity index (χ1v) is 15.1. The molecule has 8 nitrogen and oxygen atoms in total. The second-order valence-corrected chi connectivity index (χ2v) is 13.6. The molecule has 1 aliphatic rings. The molecule has 1 aliphatic heterocycles. The van der Waals surface area contributed by atoms with E-state index >= 15 is 0 Å². The topological polar surface area (TPSA) is 92.7 Å². The van der Waals surface area contributed by atoms with Gasteiger partial charge in [0.05, 0.1) is 22.7 Å². The molecule has 37 heavy (non-hydrogen) atoms. The smallest absolute Gasteiger partial charge is 0.252 e. The molecular weight excluding hydrogens is 552 g/mol. The van der Waals surface area contributed by atoms with E-state index in [2.05, 4.69) is 4.98 Å². The Morgan fingerprint density at radius 3 is 2.51 bits per heavy atom. The number of carbonyl (C=O) groups excluding carboxylic acids is 1. The average molecular weight is 577 g/mol. The Morgan fingerprint density at radius 1 is 1.14 bits per heavy atom. The van der Waals surface area contributed by atoms with Crippen LogP contribution >= 0.6 is 34.3 Å². The molecule has 194 valence electrons. The lowest BCUT2D eigenvalue weighted by atomic mass is 9.96. The van der Waals surface area contributed by atoms with Crippen LogP contribution in [0.3, 0.4) is 0 Å². The fourth-order valence-electron chi connectivity index (χ4n) is 4.42. The normalized spacial score (nSPS) is 15.2. The third kappa shape index (κ3) is 5.23. The van der Waals surface area contributed by atoms with E-state index < -0.39 is 10.0 Å². The van der Waals surface area contributed by atoms with Crippen LogP contribution in [0.15, 0.2) is 53.0 Å². The Kier molecular flexibility index (Phi) is 7.51. The summed E-state index contributed by atoms with van der Waals surface area (Å²) in [5.41, 5.74) is 2.72. The fraction of sp³-hybridized carbons (Fsp3) is 0.320. The molecule has 1 fully saturated rings. The van der Waals surface area contributed by atoms with E-state index in [9.17, 15) is 13.2 Å². The number of aryl methyl sites for hydroxylation is 1. The van der Waals surface area contributed by atoms with Gasteiger partial charge in [-0.15, -0.1) is 11.3 Å². The van der Waals surface area contributed by atoms with Crippen molar-refractivity contribution in [2.24, 2.45) is 5.92 Å². The molecule has 0 atom stereocenters. The van der Waals surface area contributed by atoms with E-state index in [0.717, 1.165) is 32.7 Å². The molecule has 3 aromatic heterocycles. The maximum Gasteiger partial charge on any atom is 0.252 e. The number of carbonyl (C=O) groups is 1. The number of piperidine rings is 1. The number of thiazole rings is 1. The van der Waals surface area contributed by atoms with Gasteiger partial charge in [-0.05, 0) is 61.2 Å². The highest BCUT2D eigenvalue weighted by Crippen LogP contribution is 2.38. The third-order valence-corrected chi connectivity index (χ3v) is 11.3. The first-order valence-electron chi connectivity index (χ1n) is 11.7. The molecule has 4 heterocycles. The zero-order valence-electron chi connectivity index (χ0n) is 20.3. The highest BCUT2D eigenvalue weighted by molar-refractivity contribution is 7.91. The number of methoxy groups -OCH3 is 1. The molecule has 0 radical (unpaired) electrons. The predicted octanol–water partition coefficient (Wildman–Crippen LogP) is 5.36. The quantitative estimate of drug-likeness (QED) is 0.294. The van der Waals surface area contributed by atoms with E-state index in [4.69, 9.17) is 21.3 Å². The Bertz CT molecular complexity index is 1530. The largest absolute Gasteiger partial charge is 0.494 e. The first-order chi connectivity index (χ1) is 17.8. The number of amides is 1. The van der Waals surface area contributed by atoms with E-state index in [1.54, 1.807) is 30.5 Å². The minimum atomic E-state index is -3.63. The van der Waals surface area contributed by atoms with Crippen LogP contribution in [0.4, 0.5) is 5.13 Å². The number of aromatic nitrogens is 2. The summed E-state index contributed by atoms with van der Waals surface area (Å²) in [5.74, 6) is 0.269. The predicted molar refractivity (Wildman–Crippen MR) is 147 cm³/mol. The number of benzene rings is 1. The lowest BCUT2D eigenvalue weighted by Crippen LogP contribution is -2.44. The van der Waals surface area contributed by atoms with Crippen LogP contribution in [-0.2, 0) is 21.4 Å². The number of sulfonamides is 1. The van der Waals surface area contributed by atoms with Gasteiger partial charge in [-0.1, -0.05) is 29.0 Å².